The molecule has 4 atom stereocenters. The molecule has 3 rings (SSSR count). The van der Waals surface area contributed by atoms with Gasteiger partial charge in [-0.15, -0.1) is 0 Å². The molecular formula is C33H45N3O8S. The molecule has 12 heteroatoms. The summed E-state index contributed by atoms with van der Waals surface area (Å²) in [5, 5.41) is 5.09. The van der Waals surface area contributed by atoms with Crippen LogP contribution in [-0.2, 0) is 33.7 Å². The summed E-state index contributed by atoms with van der Waals surface area (Å²) in [4.78, 5) is 54.1. The van der Waals surface area contributed by atoms with Crippen LogP contribution in [0, 0.1) is 0 Å². The molecule has 246 valence electrons. The van der Waals surface area contributed by atoms with Gasteiger partial charge in [0.2, 0.25) is 5.91 Å². The van der Waals surface area contributed by atoms with Crippen molar-refractivity contribution >= 4 is 33.5 Å². The lowest BCUT2D eigenvalue weighted by molar-refractivity contribution is -0.128. The number of primary amides is 1. The van der Waals surface area contributed by atoms with Gasteiger partial charge in [0.25, 0.3) is 5.91 Å². The summed E-state index contributed by atoms with van der Waals surface area (Å²) in [6.07, 6.45) is 1.67. The number of nitrogens with two attached hydrogens (primary N) is 1. The SMILES string of the molecule is CCCCCC(=O)C(c1ccccc1-c1ccccc1)[C@]1(NC(=O)[C@@H](NC(=O)OC(C)C)C(C)(C)S(C)(=O)=O)O[C@]1(C)C(N)=O. The molecular weight excluding hydrogens is 598 g/mol. The zero-order chi connectivity index (χ0) is 33.8. The van der Waals surface area contributed by atoms with Crippen LogP contribution in [-0.4, -0.2) is 66.6 Å². The van der Waals surface area contributed by atoms with Crippen LogP contribution in [0.25, 0.3) is 11.1 Å². The van der Waals surface area contributed by atoms with Gasteiger partial charge in [-0.25, -0.2) is 13.2 Å². The van der Waals surface area contributed by atoms with Gasteiger partial charge in [0, 0.05) is 12.7 Å². The number of Topliss-reactive ketones (excluding diaryl/α,β-unsaturated/α-hetero) is 1. The van der Waals surface area contributed by atoms with E-state index in [2.05, 4.69) is 10.6 Å². The quantitative estimate of drug-likeness (QED) is 0.193. The van der Waals surface area contributed by atoms with Gasteiger partial charge < -0.3 is 25.8 Å². The zero-order valence-corrected chi connectivity index (χ0v) is 27.8. The summed E-state index contributed by atoms with van der Waals surface area (Å²) in [7, 11) is -3.98. The van der Waals surface area contributed by atoms with E-state index in [1.807, 2.05) is 49.4 Å². The topological polar surface area (TPSA) is 174 Å². The molecule has 45 heavy (non-hydrogen) atoms. The highest BCUT2D eigenvalue weighted by atomic mass is 32.2. The predicted octanol–water partition coefficient (Wildman–Crippen LogP) is 4.00. The summed E-state index contributed by atoms with van der Waals surface area (Å²) in [5.74, 6) is -3.46. The van der Waals surface area contributed by atoms with E-state index in [0.717, 1.165) is 24.7 Å². The molecule has 3 amide bonds. The van der Waals surface area contributed by atoms with Gasteiger partial charge in [0.15, 0.2) is 21.2 Å². The average molecular weight is 644 g/mol. The normalized spacial score (nSPS) is 21.0. The fourth-order valence-electron chi connectivity index (χ4n) is 5.41. The number of benzene rings is 2. The Balaban J connectivity index is 2.23. The maximum atomic E-state index is 14.2. The van der Waals surface area contributed by atoms with Gasteiger partial charge in [-0.05, 0) is 57.7 Å². The van der Waals surface area contributed by atoms with Crippen molar-refractivity contribution in [1.29, 1.82) is 0 Å². The molecule has 4 N–H and O–H groups in total. The number of nitrogens with one attached hydrogen (secondary N) is 2. The number of unbranched alkanes of at least 4 members (excludes halogenated alkanes) is 2. The smallest absolute Gasteiger partial charge is 0.408 e. The van der Waals surface area contributed by atoms with Crippen LogP contribution in [0.15, 0.2) is 54.6 Å². The molecule has 1 unspecified atom stereocenters. The molecule has 0 spiro atoms. The Morgan fingerprint density at radius 3 is 2.13 bits per heavy atom. The van der Waals surface area contributed by atoms with E-state index in [9.17, 15) is 27.6 Å². The Morgan fingerprint density at radius 2 is 1.60 bits per heavy atom. The number of amides is 3. The zero-order valence-electron chi connectivity index (χ0n) is 27.0. The Labute approximate surface area is 265 Å². The van der Waals surface area contributed by atoms with Gasteiger partial charge in [0.1, 0.15) is 11.8 Å². The molecule has 2 aromatic rings. The highest BCUT2D eigenvalue weighted by Crippen LogP contribution is 2.56. The summed E-state index contributed by atoms with van der Waals surface area (Å²) in [6, 6.07) is 14.7. The van der Waals surface area contributed by atoms with Crippen molar-refractivity contribution < 1.29 is 37.1 Å². The van der Waals surface area contributed by atoms with E-state index < -0.39 is 61.9 Å². The van der Waals surface area contributed by atoms with Crippen LogP contribution in [0.2, 0.25) is 0 Å². The van der Waals surface area contributed by atoms with Crippen molar-refractivity contribution in [1.82, 2.24) is 10.6 Å². The van der Waals surface area contributed by atoms with Crippen molar-refractivity contribution in [3.8, 4) is 11.1 Å². The number of epoxide rings is 1. The molecule has 1 heterocycles. The lowest BCUT2D eigenvalue weighted by Gasteiger charge is -2.35. The fraction of sp³-hybridized carbons (Fsp3) is 0.515. The van der Waals surface area contributed by atoms with E-state index in [4.69, 9.17) is 15.2 Å². The van der Waals surface area contributed by atoms with E-state index in [1.165, 1.54) is 20.8 Å². The van der Waals surface area contributed by atoms with Crippen molar-refractivity contribution in [2.75, 3.05) is 6.26 Å². The number of ketones is 1. The van der Waals surface area contributed by atoms with Gasteiger partial charge in [0.05, 0.1) is 16.8 Å². The van der Waals surface area contributed by atoms with E-state index in [0.29, 0.717) is 17.5 Å². The van der Waals surface area contributed by atoms with E-state index >= 15 is 0 Å². The van der Waals surface area contributed by atoms with Crippen LogP contribution >= 0.6 is 0 Å². The maximum Gasteiger partial charge on any atom is 0.408 e. The molecule has 1 saturated heterocycles. The van der Waals surface area contributed by atoms with Crippen LogP contribution in [0.1, 0.15) is 78.7 Å². The minimum Gasteiger partial charge on any atom is -0.447 e. The van der Waals surface area contributed by atoms with Crippen molar-refractivity contribution in [2.24, 2.45) is 5.73 Å². The number of ether oxygens (including phenoxy) is 2. The summed E-state index contributed by atoms with van der Waals surface area (Å²) < 4.78 is 35.2. The van der Waals surface area contributed by atoms with Gasteiger partial charge in [-0.1, -0.05) is 74.4 Å². The molecule has 2 aromatic carbocycles. The fourth-order valence-corrected chi connectivity index (χ4v) is 6.01. The second kappa shape index (κ2) is 13.7. The Bertz CT molecular complexity index is 1530. The van der Waals surface area contributed by atoms with E-state index in [-0.39, 0.29) is 12.2 Å². The van der Waals surface area contributed by atoms with Gasteiger partial charge in [-0.2, -0.15) is 0 Å². The van der Waals surface area contributed by atoms with E-state index in [1.54, 1.807) is 26.0 Å². The number of hydrogen-bond acceptors (Lipinski definition) is 8. The largest absolute Gasteiger partial charge is 0.447 e. The Morgan fingerprint density at radius 1 is 1.00 bits per heavy atom. The number of hydrogen-bond donors (Lipinski definition) is 3. The molecule has 1 fully saturated rings. The number of alkyl carbamates (subject to hydrolysis) is 1. The minimum absolute atomic E-state index is 0.120. The molecule has 0 saturated carbocycles. The average Bonchev–Trinajstić information content (AvgIpc) is 3.56. The first-order valence-electron chi connectivity index (χ1n) is 15.1. The van der Waals surface area contributed by atoms with Crippen molar-refractivity contribution in [2.45, 2.75) is 101 Å². The molecule has 0 radical (unpaired) electrons. The number of carbonyl (C=O) groups is 4. The first kappa shape index (κ1) is 35.7. The third-order valence-corrected chi connectivity index (χ3v) is 10.6. The third-order valence-electron chi connectivity index (χ3n) is 8.44. The summed E-state index contributed by atoms with van der Waals surface area (Å²) in [5.41, 5.74) is 3.92. The third kappa shape index (κ3) is 7.38. The molecule has 1 aliphatic rings. The Kier molecular flexibility index (Phi) is 10.9. The monoisotopic (exact) mass is 643 g/mol. The molecule has 1 aliphatic heterocycles. The summed E-state index contributed by atoms with van der Waals surface area (Å²) in [6.45, 7) is 9.15. The highest BCUT2D eigenvalue weighted by molar-refractivity contribution is 7.92. The molecule has 0 bridgehead atoms. The number of carbonyl (C=O) groups excluding carboxylic acids is 4. The first-order chi connectivity index (χ1) is 20.9. The second-order valence-corrected chi connectivity index (χ2v) is 15.0. The first-order valence-corrected chi connectivity index (χ1v) is 17.0. The van der Waals surface area contributed by atoms with Crippen molar-refractivity contribution in [3.63, 3.8) is 0 Å². The highest BCUT2D eigenvalue weighted by Gasteiger charge is 2.77. The standard InChI is InChI=1S/C33H45N3O8S/c1-8-9-11-20-25(37)26(24-19-15-14-18-23(24)22-16-12-10-13-17-22)33(32(6,44-33)29(34)39)36-28(38)27(31(4,5)45(7,41)42)35-30(40)43-21(2)3/h10,12-19,21,26-27H,8-9,11,20H2,1-7H3,(H2,34,39)(H,35,40)(H,36,38)/t26?,27-,32-,33+/m1/s1. The lowest BCUT2D eigenvalue weighted by atomic mass is 9.77. The van der Waals surface area contributed by atoms with Crippen LogP contribution < -0.4 is 16.4 Å². The molecule has 0 aliphatic carbocycles. The minimum atomic E-state index is -3.98. The van der Waals surface area contributed by atoms with Crippen LogP contribution in [0.4, 0.5) is 4.79 Å². The van der Waals surface area contributed by atoms with Gasteiger partial charge in [-0.3, -0.25) is 14.4 Å². The molecule has 11 nitrogen and oxygen atoms in total. The van der Waals surface area contributed by atoms with Crippen LogP contribution in [0.5, 0.6) is 0 Å². The predicted molar refractivity (Wildman–Crippen MR) is 171 cm³/mol. The van der Waals surface area contributed by atoms with Crippen LogP contribution in [0.3, 0.4) is 0 Å². The van der Waals surface area contributed by atoms with Crippen molar-refractivity contribution in [3.05, 3.63) is 60.2 Å². The van der Waals surface area contributed by atoms with Gasteiger partial charge >= 0.3 is 6.09 Å². The second-order valence-electron chi connectivity index (χ2n) is 12.4. The maximum absolute atomic E-state index is 14.2. The number of sulfone groups is 1. The summed E-state index contributed by atoms with van der Waals surface area (Å²) >= 11 is 0. The lowest BCUT2D eigenvalue weighted by Crippen LogP contribution is -2.64. The number of rotatable bonds is 15. The Hall–Kier alpha value is -3.77. The molecule has 0 aromatic heterocycles.